The van der Waals surface area contributed by atoms with Crippen LogP contribution >= 0.6 is 11.3 Å². The number of primary amides is 1. The van der Waals surface area contributed by atoms with Gasteiger partial charge in [-0.1, -0.05) is 54.3 Å². The standard InChI is InChI=1S/C28H24N4O6S/c1-4-13-38-27(36)21-15(2)30-28-32(23(21)16-9-11-17(37-3)12-10-16)26(35)24(39-28)22-18-7-5-6-8-19(18)31(25(22)34)14-20(29)33/h4-12,23H,1,13-14H2,2-3H3,(H2,29,33)/b24-22+/t23-/m1/s1. The third-order valence-corrected chi connectivity index (χ3v) is 7.50. The summed E-state index contributed by atoms with van der Waals surface area (Å²) in [7, 11) is 1.54. The fraction of sp³-hybridized carbons (Fsp3) is 0.179. The van der Waals surface area contributed by atoms with Crippen LogP contribution in [0.4, 0.5) is 5.69 Å². The molecule has 0 bridgehead atoms. The molecular formula is C28H24N4O6S. The van der Waals surface area contributed by atoms with Gasteiger partial charge >= 0.3 is 5.97 Å². The highest BCUT2D eigenvalue weighted by Gasteiger charge is 2.37. The molecule has 11 heteroatoms. The van der Waals surface area contributed by atoms with Crippen molar-refractivity contribution in [3.8, 4) is 5.75 Å². The molecule has 10 nitrogen and oxygen atoms in total. The Balaban J connectivity index is 1.78. The van der Waals surface area contributed by atoms with Crippen molar-refractivity contribution in [3.63, 3.8) is 0 Å². The van der Waals surface area contributed by atoms with Crippen LogP contribution in [0.15, 0.2) is 82.2 Å². The van der Waals surface area contributed by atoms with E-state index in [2.05, 4.69) is 11.6 Å². The molecule has 1 aromatic heterocycles. The van der Waals surface area contributed by atoms with E-state index in [0.717, 1.165) is 11.3 Å². The van der Waals surface area contributed by atoms with Crippen molar-refractivity contribution in [2.45, 2.75) is 13.0 Å². The largest absolute Gasteiger partial charge is 0.497 e. The number of fused-ring (bicyclic) bond motifs is 2. The number of benzene rings is 2. The summed E-state index contributed by atoms with van der Waals surface area (Å²) in [6.45, 7) is 4.92. The third-order valence-electron chi connectivity index (χ3n) is 6.45. The maximum absolute atomic E-state index is 14.1. The number of rotatable bonds is 7. The van der Waals surface area contributed by atoms with E-state index in [-0.39, 0.29) is 28.8 Å². The smallest absolute Gasteiger partial charge is 0.338 e. The first-order valence-electron chi connectivity index (χ1n) is 11.9. The minimum atomic E-state index is -0.868. The van der Waals surface area contributed by atoms with Gasteiger partial charge in [0.05, 0.1) is 35.7 Å². The molecule has 198 valence electrons. The summed E-state index contributed by atoms with van der Waals surface area (Å²) in [5, 5.41) is 0. The van der Waals surface area contributed by atoms with Crippen molar-refractivity contribution in [3.05, 3.63) is 103 Å². The number of allylic oxidation sites excluding steroid dienone is 1. The van der Waals surface area contributed by atoms with Crippen molar-refractivity contribution >= 4 is 40.4 Å². The molecule has 1 atom stereocenters. The molecule has 2 aromatic carbocycles. The van der Waals surface area contributed by atoms with Gasteiger partial charge in [-0.2, -0.15) is 0 Å². The quantitative estimate of drug-likeness (QED) is 0.351. The maximum Gasteiger partial charge on any atom is 0.338 e. The molecule has 3 heterocycles. The Labute approximate surface area is 226 Å². The second-order valence-electron chi connectivity index (χ2n) is 8.81. The summed E-state index contributed by atoms with van der Waals surface area (Å²) in [5.41, 5.74) is 7.25. The highest BCUT2D eigenvalue weighted by Crippen LogP contribution is 2.35. The number of methoxy groups -OCH3 is 1. The van der Waals surface area contributed by atoms with Crippen molar-refractivity contribution in [1.82, 2.24) is 4.57 Å². The second-order valence-corrected chi connectivity index (χ2v) is 9.79. The molecule has 39 heavy (non-hydrogen) atoms. The lowest BCUT2D eigenvalue weighted by molar-refractivity contribution is -0.138. The zero-order chi connectivity index (χ0) is 27.8. The molecular weight excluding hydrogens is 520 g/mol. The number of nitrogens with zero attached hydrogens (tertiary/aromatic N) is 3. The number of esters is 1. The summed E-state index contributed by atoms with van der Waals surface area (Å²) >= 11 is 1.04. The fourth-order valence-corrected chi connectivity index (χ4v) is 5.90. The predicted octanol–water partition coefficient (Wildman–Crippen LogP) is 1.18. The lowest BCUT2D eigenvalue weighted by Crippen LogP contribution is -2.41. The molecule has 5 rings (SSSR count). The van der Waals surface area contributed by atoms with E-state index in [1.807, 2.05) is 0 Å². The highest BCUT2D eigenvalue weighted by molar-refractivity contribution is 7.07. The number of nitrogens with two attached hydrogens (primary N) is 1. The van der Waals surface area contributed by atoms with Crippen LogP contribution in [0.1, 0.15) is 24.1 Å². The van der Waals surface area contributed by atoms with Crippen molar-refractivity contribution in [2.75, 3.05) is 25.2 Å². The van der Waals surface area contributed by atoms with E-state index in [1.165, 1.54) is 15.5 Å². The summed E-state index contributed by atoms with van der Waals surface area (Å²) in [6.07, 6.45) is 1.45. The van der Waals surface area contributed by atoms with Crippen LogP contribution in [0.25, 0.3) is 5.57 Å². The average molecular weight is 545 g/mol. The van der Waals surface area contributed by atoms with E-state index < -0.39 is 29.4 Å². The van der Waals surface area contributed by atoms with E-state index in [0.29, 0.717) is 33.1 Å². The van der Waals surface area contributed by atoms with Gasteiger partial charge in [-0.05, 0) is 30.7 Å². The molecule has 2 amide bonds. The molecule has 0 spiro atoms. The van der Waals surface area contributed by atoms with Gasteiger partial charge in [0.1, 0.15) is 23.4 Å². The number of ether oxygens (including phenoxy) is 2. The Morgan fingerprint density at radius 1 is 1.15 bits per heavy atom. The normalized spacial score (nSPS) is 17.3. The fourth-order valence-electron chi connectivity index (χ4n) is 4.76. The van der Waals surface area contributed by atoms with Gasteiger partial charge in [-0.25, -0.2) is 9.79 Å². The monoisotopic (exact) mass is 544 g/mol. The van der Waals surface area contributed by atoms with Gasteiger partial charge in [-0.15, -0.1) is 0 Å². The van der Waals surface area contributed by atoms with Crippen LogP contribution in [0.2, 0.25) is 0 Å². The Kier molecular flexibility index (Phi) is 6.75. The maximum atomic E-state index is 14.1. The van der Waals surface area contributed by atoms with E-state index >= 15 is 0 Å². The minimum absolute atomic E-state index is 0.0134. The first kappa shape index (κ1) is 25.9. The van der Waals surface area contributed by atoms with Crippen molar-refractivity contribution in [1.29, 1.82) is 0 Å². The van der Waals surface area contributed by atoms with Gasteiger partial charge in [-0.3, -0.25) is 23.9 Å². The summed E-state index contributed by atoms with van der Waals surface area (Å²) in [4.78, 5) is 58.7. The van der Waals surface area contributed by atoms with Gasteiger partial charge in [0.15, 0.2) is 4.80 Å². The van der Waals surface area contributed by atoms with Gasteiger partial charge in [0.2, 0.25) is 5.91 Å². The van der Waals surface area contributed by atoms with Crippen LogP contribution in [-0.2, 0) is 19.1 Å². The Morgan fingerprint density at radius 3 is 2.54 bits per heavy atom. The number of hydrogen-bond acceptors (Lipinski definition) is 8. The third kappa shape index (κ3) is 4.36. The number of carbonyl (C=O) groups excluding carboxylic acids is 3. The van der Waals surface area contributed by atoms with Crippen LogP contribution in [-0.4, -0.2) is 42.6 Å². The number of hydrogen-bond donors (Lipinski definition) is 1. The molecule has 0 fully saturated rings. The van der Waals surface area contributed by atoms with E-state index in [1.54, 1.807) is 62.6 Å². The molecule has 0 unspecified atom stereocenters. The van der Waals surface area contributed by atoms with Gasteiger partial charge in [0.25, 0.3) is 11.5 Å². The van der Waals surface area contributed by atoms with Gasteiger partial charge in [0, 0.05) is 5.56 Å². The summed E-state index contributed by atoms with van der Waals surface area (Å²) < 4.78 is 12.2. The lowest BCUT2D eigenvalue weighted by Gasteiger charge is -2.24. The highest BCUT2D eigenvalue weighted by atomic mass is 32.1. The summed E-state index contributed by atoms with van der Waals surface area (Å²) in [5.74, 6) is -1.22. The zero-order valence-electron chi connectivity index (χ0n) is 21.2. The number of amides is 2. The Hall–Kier alpha value is -4.77. The molecule has 0 saturated carbocycles. The summed E-state index contributed by atoms with van der Waals surface area (Å²) in [6, 6.07) is 13.0. The van der Waals surface area contributed by atoms with Crippen molar-refractivity contribution in [2.24, 2.45) is 10.7 Å². The van der Waals surface area contributed by atoms with Crippen LogP contribution in [0.3, 0.4) is 0 Å². The van der Waals surface area contributed by atoms with Crippen molar-refractivity contribution < 1.29 is 23.9 Å². The second kappa shape index (κ2) is 10.2. The molecule has 0 radical (unpaired) electrons. The first-order chi connectivity index (χ1) is 18.8. The molecule has 2 aliphatic rings. The zero-order valence-corrected chi connectivity index (χ0v) is 22.0. The number of anilines is 1. The molecule has 0 saturated heterocycles. The SMILES string of the molecule is C=CCOC(=O)C1=C(C)N=c2s/c(=C3/C(=O)N(CC(N)=O)c4ccccc43)c(=O)n2[C@@H]1c1ccc(OC)cc1. The van der Waals surface area contributed by atoms with Crippen LogP contribution in [0.5, 0.6) is 5.75 Å². The number of carbonyl (C=O) groups is 3. The van der Waals surface area contributed by atoms with Crippen LogP contribution < -0.4 is 30.3 Å². The van der Waals surface area contributed by atoms with E-state index in [9.17, 15) is 19.2 Å². The number of aromatic nitrogens is 1. The molecule has 0 aliphatic carbocycles. The van der Waals surface area contributed by atoms with E-state index in [4.69, 9.17) is 15.2 Å². The molecule has 3 aromatic rings. The topological polar surface area (TPSA) is 133 Å². The molecule has 2 N–H and O–H groups in total. The Morgan fingerprint density at radius 2 is 1.87 bits per heavy atom. The first-order valence-corrected chi connectivity index (χ1v) is 12.7. The lowest BCUT2D eigenvalue weighted by atomic mass is 9.96. The number of para-hydroxylation sites is 1. The molecule has 2 aliphatic heterocycles. The predicted molar refractivity (Wildman–Crippen MR) is 145 cm³/mol. The van der Waals surface area contributed by atoms with Gasteiger partial charge < -0.3 is 15.2 Å². The minimum Gasteiger partial charge on any atom is -0.497 e. The average Bonchev–Trinajstić information content (AvgIpc) is 3.38. The number of thiazole rings is 1. The van der Waals surface area contributed by atoms with Crippen LogP contribution in [0, 0.1) is 0 Å². The Bertz CT molecular complexity index is 1750.